The topological polar surface area (TPSA) is 66.4 Å². The van der Waals surface area contributed by atoms with E-state index in [4.69, 9.17) is 0 Å². The summed E-state index contributed by atoms with van der Waals surface area (Å²) in [5, 5.41) is 12.7. The van der Waals surface area contributed by atoms with Gasteiger partial charge >= 0.3 is 5.97 Å². The molecule has 0 fully saturated rings. The molecule has 2 heterocycles. The summed E-state index contributed by atoms with van der Waals surface area (Å²) in [4.78, 5) is 25.4. The highest BCUT2D eigenvalue weighted by Crippen LogP contribution is 2.50. The lowest BCUT2D eigenvalue weighted by Gasteiger charge is -2.24. The first-order chi connectivity index (χ1) is 12.6. The van der Waals surface area contributed by atoms with Crippen LogP contribution in [0.4, 0.5) is 5.69 Å². The third kappa shape index (κ3) is 2.85. The monoisotopic (exact) mass is 427 g/mol. The van der Waals surface area contributed by atoms with Crippen molar-refractivity contribution in [3.63, 3.8) is 0 Å². The summed E-state index contributed by atoms with van der Waals surface area (Å²) in [5.41, 5.74) is 2.98. The molecule has 1 unspecified atom stereocenters. The maximum Gasteiger partial charge on any atom is 0.346 e. The number of thiophene rings is 1. The summed E-state index contributed by atoms with van der Waals surface area (Å²) >= 11 is 4.80. The van der Waals surface area contributed by atoms with E-state index >= 15 is 0 Å². The SMILES string of the molecule is O=C1CC(c2ccccc2Br)c2sc(C(=O)O)c(-c3ccccc3)c2N1. The average Bonchev–Trinajstić information content (AvgIpc) is 3.02. The largest absolute Gasteiger partial charge is 0.477 e. The number of hydrogen-bond acceptors (Lipinski definition) is 3. The van der Waals surface area contributed by atoms with Crippen LogP contribution in [0.15, 0.2) is 59.1 Å². The Balaban J connectivity index is 1.97. The van der Waals surface area contributed by atoms with Crippen LogP contribution in [0.5, 0.6) is 0 Å². The predicted molar refractivity (Wildman–Crippen MR) is 106 cm³/mol. The second-order valence-electron chi connectivity index (χ2n) is 6.04. The van der Waals surface area contributed by atoms with Crippen LogP contribution < -0.4 is 5.32 Å². The Morgan fingerprint density at radius 3 is 2.50 bits per heavy atom. The predicted octanol–water partition coefficient (Wildman–Crippen LogP) is 5.35. The molecule has 4 rings (SSSR count). The van der Waals surface area contributed by atoms with Gasteiger partial charge in [0, 0.05) is 27.3 Å². The van der Waals surface area contributed by atoms with E-state index in [0.717, 1.165) is 20.5 Å². The first kappa shape index (κ1) is 17.0. The summed E-state index contributed by atoms with van der Waals surface area (Å²) < 4.78 is 0.914. The van der Waals surface area contributed by atoms with Crippen molar-refractivity contribution in [2.24, 2.45) is 0 Å². The lowest BCUT2D eigenvalue weighted by molar-refractivity contribution is -0.116. The van der Waals surface area contributed by atoms with Crippen molar-refractivity contribution in [2.45, 2.75) is 12.3 Å². The van der Waals surface area contributed by atoms with Crippen LogP contribution in [0.1, 0.15) is 32.5 Å². The molecule has 0 saturated carbocycles. The van der Waals surface area contributed by atoms with Crippen LogP contribution in [0.2, 0.25) is 0 Å². The first-order valence-corrected chi connectivity index (χ1v) is 9.67. The van der Waals surface area contributed by atoms with E-state index in [-0.39, 0.29) is 16.7 Å². The smallest absolute Gasteiger partial charge is 0.346 e. The number of carboxylic acid groups (broad SMARTS) is 1. The minimum atomic E-state index is -0.983. The van der Waals surface area contributed by atoms with Gasteiger partial charge in [0.1, 0.15) is 4.88 Å². The highest BCUT2D eigenvalue weighted by Gasteiger charge is 2.35. The quantitative estimate of drug-likeness (QED) is 0.591. The molecule has 1 amide bonds. The van der Waals surface area contributed by atoms with Crippen LogP contribution >= 0.6 is 27.3 Å². The molecule has 130 valence electrons. The second-order valence-corrected chi connectivity index (χ2v) is 7.95. The number of carbonyl (C=O) groups excluding carboxylic acids is 1. The van der Waals surface area contributed by atoms with Gasteiger partial charge < -0.3 is 10.4 Å². The van der Waals surface area contributed by atoms with E-state index in [9.17, 15) is 14.7 Å². The number of nitrogens with one attached hydrogen (secondary N) is 1. The fraction of sp³-hybridized carbons (Fsp3) is 0.100. The van der Waals surface area contributed by atoms with Crippen molar-refractivity contribution in [3.8, 4) is 11.1 Å². The normalized spacial score (nSPS) is 16.0. The van der Waals surface area contributed by atoms with E-state index in [0.29, 0.717) is 17.7 Å². The number of aromatic carboxylic acids is 1. The first-order valence-electron chi connectivity index (χ1n) is 8.06. The molecule has 4 nitrogen and oxygen atoms in total. The van der Waals surface area contributed by atoms with Crippen molar-refractivity contribution in [1.82, 2.24) is 0 Å². The third-order valence-electron chi connectivity index (χ3n) is 4.44. The Hall–Kier alpha value is -2.44. The van der Waals surface area contributed by atoms with Crippen LogP contribution in [-0.2, 0) is 4.79 Å². The fourth-order valence-corrected chi connectivity index (χ4v) is 5.12. The summed E-state index contributed by atoms with van der Waals surface area (Å²) in [7, 11) is 0. The zero-order valence-corrected chi connectivity index (χ0v) is 15.9. The molecule has 1 atom stereocenters. The lowest BCUT2D eigenvalue weighted by Crippen LogP contribution is -2.22. The van der Waals surface area contributed by atoms with Gasteiger partial charge in [-0.1, -0.05) is 64.5 Å². The van der Waals surface area contributed by atoms with Crippen molar-refractivity contribution < 1.29 is 14.7 Å². The molecule has 0 radical (unpaired) electrons. The number of amides is 1. The number of benzene rings is 2. The highest BCUT2D eigenvalue weighted by molar-refractivity contribution is 9.10. The Bertz CT molecular complexity index is 1010. The number of rotatable bonds is 3. The second kappa shape index (κ2) is 6.70. The van der Waals surface area contributed by atoms with E-state index in [1.165, 1.54) is 11.3 Å². The summed E-state index contributed by atoms with van der Waals surface area (Å²) in [6.45, 7) is 0. The molecule has 1 aliphatic rings. The molecule has 0 spiro atoms. The van der Waals surface area contributed by atoms with Crippen molar-refractivity contribution in [2.75, 3.05) is 5.32 Å². The highest BCUT2D eigenvalue weighted by atomic mass is 79.9. The third-order valence-corrected chi connectivity index (χ3v) is 6.46. The molecule has 2 N–H and O–H groups in total. The van der Waals surface area contributed by atoms with Gasteiger partial charge in [0.15, 0.2) is 0 Å². The fourth-order valence-electron chi connectivity index (χ4n) is 3.33. The number of carbonyl (C=O) groups is 2. The van der Waals surface area contributed by atoms with Gasteiger partial charge in [-0.2, -0.15) is 0 Å². The van der Waals surface area contributed by atoms with Crippen LogP contribution in [0.3, 0.4) is 0 Å². The molecule has 1 aliphatic heterocycles. The molecule has 6 heteroatoms. The van der Waals surface area contributed by atoms with Crippen molar-refractivity contribution >= 4 is 44.8 Å². The molecule has 0 aliphatic carbocycles. The molecule has 0 saturated heterocycles. The van der Waals surface area contributed by atoms with Gasteiger partial charge in [0.2, 0.25) is 5.91 Å². The van der Waals surface area contributed by atoms with Gasteiger partial charge in [0.05, 0.1) is 5.69 Å². The molecule has 1 aromatic heterocycles. The lowest BCUT2D eigenvalue weighted by atomic mass is 9.89. The Labute approximate surface area is 162 Å². The average molecular weight is 428 g/mol. The minimum Gasteiger partial charge on any atom is -0.477 e. The molecule has 3 aromatic rings. The summed E-state index contributed by atoms with van der Waals surface area (Å²) in [5.74, 6) is -1.26. The Kier molecular flexibility index (Phi) is 4.38. The molecular weight excluding hydrogens is 414 g/mol. The molecular formula is C20H14BrNO3S. The number of carboxylic acids is 1. The van der Waals surface area contributed by atoms with Crippen LogP contribution in [0, 0.1) is 0 Å². The summed E-state index contributed by atoms with van der Waals surface area (Å²) in [6.07, 6.45) is 0.295. The standard InChI is InChI=1S/C20H14BrNO3S/c21-14-9-5-4-8-12(14)13-10-15(23)22-17-16(11-6-2-1-3-7-11)19(20(24)25)26-18(13)17/h1-9,13H,10H2,(H,22,23)(H,24,25). The van der Waals surface area contributed by atoms with Gasteiger partial charge in [-0.3, -0.25) is 4.79 Å². The van der Waals surface area contributed by atoms with Crippen molar-refractivity contribution in [3.05, 3.63) is 74.4 Å². The van der Waals surface area contributed by atoms with Crippen LogP contribution in [-0.4, -0.2) is 17.0 Å². The van der Waals surface area contributed by atoms with Crippen LogP contribution in [0.25, 0.3) is 11.1 Å². The van der Waals surface area contributed by atoms with Crippen molar-refractivity contribution in [1.29, 1.82) is 0 Å². The number of fused-ring (bicyclic) bond motifs is 1. The minimum absolute atomic E-state index is 0.106. The zero-order valence-electron chi connectivity index (χ0n) is 13.5. The molecule has 2 aromatic carbocycles. The van der Waals surface area contributed by atoms with E-state index in [2.05, 4.69) is 21.2 Å². The summed E-state index contributed by atoms with van der Waals surface area (Å²) in [6, 6.07) is 17.1. The van der Waals surface area contributed by atoms with E-state index in [1.54, 1.807) is 0 Å². The van der Waals surface area contributed by atoms with Gasteiger partial charge in [-0.25, -0.2) is 4.79 Å². The number of hydrogen-bond donors (Lipinski definition) is 2. The van der Waals surface area contributed by atoms with E-state index in [1.807, 2.05) is 54.6 Å². The Morgan fingerprint density at radius 1 is 1.12 bits per heavy atom. The molecule has 26 heavy (non-hydrogen) atoms. The Morgan fingerprint density at radius 2 is 1.81 bits per heavy atom. The molecule has 0 bridgehead atoms. The maximum absolute atomic E-state index is 12.4. The van der Waals surface area contributed by atoms with Gasteiger partial charge in [-0.05, 0) is 17.2 Å². The number of halogens is 1. The zero-order chi connectivity index (χ0) is 18.3. The van der Waals surface area contributed by atoms with Gasteiger partial charge in [0.25, 0.3) is 0 Å². The maximum atomic E-state index is 12.4. The van der Waals surface area contributed by atoms with E-state index < -0.39 is 5.97 Å². The van der Waals surface area contributed by atoms with Gasteiger partial charge in [-0.15, -0.1) is 11.3 Å². The number of anilines is 1.